The van der Waals surface area contributed by atoms with Gasteiger partial charge in [-0.25, -0.2) is 15.0 Å². The molecule has 0 saturated carbocycles. The van der Waals surface area contributed by atoms with Crippen LogP contribution in [0.5, 0.6) is 0 Å². The lowest BCUT2D eigenvalue weighted by Crippen LogP contribution is -2.29. The summed E-state index contributed by atoms with van der Waals surface area (Å²) in [6.07, 6.45) is 8.09. The van der Waals surface area contributed by atoms with Gasteiger partial charge in [0.05, 0.1) is 4.88 Å². The van der Waals surface area contributed by atoms with E-state index in [-0.39, 0.29) is 5.54 Å². The van der Waals surface area contributed by atoms with Crippen molar-refractivity contribution in [2.75, 3.05) is 12.4 Å². The highest BCUT2D eigenvalue weighted by Gasteiger charge is 2.15. The van der Waals surface area contributed by atoms with Crippen LogP contribution >= 0.6 is 23.3 Å². The third-order valence-corrected chi connectivity index (χ3v) is 7.08. The fraction of sp³-hybridized carbons (Fsp3) is 0.240. The van der Waals surface area contributed by atoms with Gasteiger partial charge in [-0.15, -0.1) is 11.3 Å². The van der Waals surface area contributed by atoms with Gasteiger partial charge in [-0.05, 0) is 74.2 Å². The van der Waals surface area contributed by atoms with E-state index in [4.69, 9.17) is 4.98 Å². The molecule has 4 rings (SSSR count). The number of nitrogens with one attached hydrogen (secondary N) is 2. The lowest BCUT2D eigenvalue weighted by atomic mass is 10.1. The maximum absolute atomic E-state index is 4.71. The van der Waals surface area contributed by atoms with E-state index in [1.807, 2.05) is 25.6 Å². The third-order valence-electron chi connectivity index (χ3n) is 4.73. The topological polar surface area (TPSA) is 62.7 Å². The maximum Gasteiger partial charge on any atom is 0.123 e. The summed E-state index contributed by atoms with van der Waals surface area (Å²) in [6, 6.07) is 15.0. The van der Waals surface area contributed by atoms with Crippen molar-refractivity contribution in [2.45, 2.75) is 37.6 Å². The van der Waals surface area contributed by atoms with Crippen LogP contribution in [0, 0.1) is 0 Å². The first-order chi connectivity index (χ1) is 15.4. The zero-order valence-corrected chi connectivity index (χ0v) is 20.3. The molecule has 7 heteroatoms. The number of anilines is 1. The van der Waals surface area contributed by atoms with Crippen LogP contribution in [-0.2, 0) is 6.42 Å². The van der Waals surface area contributed by atoms with Gasteiger partial charge in [0.25, 0.3) is 0 Å². The number of hydrogen-bond acceptors (Lipinski definition) is 7. The molecule has 0 aliphatic heterocycles. The largest absolute Gasteiger partial charge is 0.388 e. The maximum atomic E-state index is 4.71. The van der Waals surface area contributed by atoms with Crippen LogP contribution in [0.15, 0.2) is 72.3 Å². The first-order valence-electron chi connectivity index (χ1n) is 10.5. The van der Waals surface area contributed by atoms with Gasteiger partial charge >= 0.3 is 0 Å². The molecular formula is C25H27N5S2. The summed E-state index contributed by atoms with van der Waals surface area (Å²) in [6.45, 7) is 6.51. The Balaban J connectivity index is 1.65. The molecule has 0 bridgehead atoms. The molecule has 2 aromatic heterocycles. The van der Waals surface area contributed by atoms with Crippen molar-refractivity contribution in [3.63, 3.8) is 0 Å². The minimum Gasteiger partial charge on any atom is -0.388 e. The third kappa shape index (κ3) is 5.73. The quantitative estimate of drug-likeness (QED) is 0.315. The van der Waals surface area contributed by atoms with Crippen LogP contribution < -0.4 is 10.0 Å². The monoisotopic (exact) mass is 461 g/mol. The molecule has 0 unspecified atom stereocenters. The Morgan fingerprint density at radius 3 is 2.38 bits per heavy atom. The SMILES string of the molecule is CNc1ccc(-c2ncc(-c3ccc(Cc4cncnc4)cc3SNC(C)(C)C)s2)cc1. The van der Waals surface area contributed by atoms with Gasteiger partial charge < -0.3 is 5.32 Å². The summed E-state index contributed by atoms with van der Waals surface area (Å²) in [5.41, 5.74) is 5.74. The van der Waals surface area contributed by atoms with Gasteiger partial charge in [-0.1, -0.05) is 12.1 Å². The van der Waals surface area contributed by atoms with Crippen LogP contribution in [0.3, 0.4) is 0 Å². The van der Waals surface area contributed by atoms with Crippen LogP contribution in [0.2, 0.25) is 0 Å². The van der Waals surface area contributed by atoms with E-state index >= 15 is 0 Å². The molecule has 0 radical (unpaired) electrons. The van der Waals surface area contributed by atoms with Crippen LogP contribution in [-0.4, -0.2) is 27.5 Å². The molecule has 2 N–H and O–H groups in total. The zero-order valence-electron chi connectivity index (χ0n) is 18.7. The Kier molecular flexibility index (Phi) is 6.89. The van der Waals surface area contributed by atoms with Crippen molar-refractivity contribution >= 4 is 29.0 Å². The summed E-state index contributed by atoms with van der Waals surface area (Å²) < 4.78 is 3.56. The highest BCUT2D eigenvalue weighted by molar-refractivity contribution is 7.97. The standard InChI is InChI=1S/C25H27N5S2/c1-25(2,3)30-32-22-12-17(11-18-13-27-16-28-14-18)5-10-21(22)23-15-29-24(31-23)19-6-8-20(26-4)9-7-19/h5-10,12-16,26,30H,11H2,1-4H3. The smallest absolute Gasteiger partial charge is 0.123 e. The molecule has 0 atom stereocenters. The Labute approximate surface area is 197 Å². The van der Waals surface area contributed by atoms with Crippen molar-refractivity contribution in [1.82, 2.24) is 19.7 Å². The molecule has 2 aromatic carbocycles. The van der Waals surface area contributed by atoms with Crippen molar-refractivity contribution in [2.24, 2.45) is 0 Å². The number of benzene rings is 2. The number of hydrogen-bond donors (Lipinski definition) is 2. The molecule has 0 spiro atoms. The number of aromatic nitrogens is 3. The molecule has 4 aromatic rings. The van der Waals surface area contributed by atoms with Gasteiger partial charge in [0.15, 0.2) is 0 Å². The normalized spacial score (nSPS) is 11.5. The van der Waals surface area contributed by atoms with E-state index in [0.717, 1.165) is 33.1 Å². The molecule has 32 heavy (non-hydrogen) atoms. The Bertz CT molecular complexity index is 1170. The second kappa shape index (κ2) is 9.81. The molecule has 164 valence electrons. The Morgan fingerprint density at radius 1 is 0.938 bits per heavy atom. The van der Waals surface area contributed by atoms with E-state index in [1.165, 1.54) is 16.0 Å². The number of nitrogens with zero attached hydrogens (tertiary/aromatic N) is 3. The van der Waals surface area contributed by atoms with Crippen molar-refractivity contribution in [3.05, 3.63) is 78.5 Å². The molecule has 0 amide bonds. The Hall–Kier alpha value is -2.74. The van der Waals surface area contributed by atoms with Crippen molar-refractivity contribution in [3.8, 4) is 21.0 Å². The fourth-order valence-electron chi connectivity index (χ4n) is 3.14. The second-order valence-electron chi connectivity index (χ2n) is 8.57. The first-order valence-corrected chi connectivity index (χ1v) is 12.1. The molecule has 0 aliphatic carbocycles. The lowest BCUT2D eigenvalue weighted by Gasteiger charge is -2.21. The predicted octanol–water partition coefficient (Wildman–Crippen LogP) is 6.29. The van der Waals surface area contributed by atoms with E-state index in [2.05, 4.69) is 83.2 Å². The predicted molar refractivity (Wildman–Crippen MR) is 136 cm³/mol. The van der Waals surface area contributed by atoms with Crippen LogP contribution in [0.4, 0.5) is 5.69 Å². The van der Waals surface area contributed by atoms with E-state index in [1.54, 1.807) is 29.6 Å². The molecule has 0 saturated heterocycles. The van der Waals surface area contributed by atoms with E-state index in [9.17, 15) is 0 Å². The van der Waals surface area contributed by atoms with Gasteiger partial charge in [-0.3, -0.25) is 4.72 Å². The zero-order chi connectivity index (χ0) is 22.6. The summed E-state index contributed by atoms with van der Waals surface area (Å²) in [5.74, 6) is 0. The molecule has 2 heterocycles. The summed E-state index contributed by atoms with van der Waals surface area (Å²) in [7, 11) is 1.93. The summed E-state index contributed by atoms with van der Waals surface area (Å²) in [5, 5.41) is 4.18. The lowest BCUT2D eigenvalue weighted by molar-refractivity contribution is 0.535. The van der Waals surface area contributed by atoms with E-state index in [0.29, 0.717) is 0 Å². The van der Waals surface area contributed by atoms with Crippen molar-refractivity contribution in [1.29, 1.82) is 0 Å². The van der Waals surface area contributed by atoms with Gasteiger partial charge in [0.1, 0.15) is 11.3 Å². The number of rotatable bonds is 7. The Morgan fingerprint density at radius 2 is 1.69 bits per heavy atom. The average molecular weight is 462 g/mol. The van der Waals surface area contributed by atoms with Gasteiger partial charge in [-0.2, -0.15) is 0 Å². The highest BCUT2D eigenvalue weighted by atomic mass is 32.2. The molecule has 0 aliphatic rings. The average Bonchev–Trinajstić information content (AvgIpc) is 3.28. The van der Waals surface area contributed by atoms with Crippen LogP contribution in [0.25, 0.3) is 21.0 Å². The molecule has 5 nitrogen and oxygen atoms in total. The van der Waals surface area contributed by atoms with Crippen molar-refractivity contribution < 1.29 is 0 Å². The minimum absolute atomic E-state index is 0.000862. The molecule has 0 fully saturated rings. The van der Waals surface area contributed by atoms with E-state index < -0.39 is 0 Å². The first kappa shape index (κ1) is 22.5. The number of thiazole rings is 1. The minimum atomic E-state index is -0.000862. The van der Waals surface area contributed by atoms with Gasteiger partial charge in [0, 0.05) is 59.3 Å². The fourth-order valence-corrected chi connectivity index (χ4v) is 5.08. The summed E-state index contributed by atoms with van der Waals surface area (Å²) in [4.78, 5) is 15.3. The second-order valence-corrected chi connectivity index (χ2v) is 10.4. The van der Waals surface area contributed by atoms with Gasteiger partial charge in [0.2, 0.25) is 0 Å². The molecular weight excluding hydrogens is 434 g/mol. The summed E-state index contributed by atoms with van der Waals surface area (Å²) >= 11 is 3.39. The van der Waals surface area contributed by atoms with Crippen LogP contribution in [0.1, 0.15) is 31.9 Å². The highest BCUT2D eigenvalue weighted by Crippen LogP contribution is 2.38.